The van der Waals surface area contributed by atoms with Gasteiger partial charge in [0.15, 0.2) is 0 Å². The number of carbonyl (C=O) groups excluding carboxylic acids is 1. The molecule has 0 aliphatic rings. The van der Waals surface area contributed by atoms with Crippen molar-refractivity contribution in [2.75, 3.05) is 19.0 Å². The summed E-state index contributed by atoms with van der Waals surface area (Å²) in [5, 5.41) is 3.21. The lowest BCUT2D eigenvalue weighted by molar-refractivity contribution is 0.0894. The van der Waals surface area contributed by atoms with E-state index >= 15 is 0 Å². The molecular formula is C18H31N3O. The molecule has 4 heteroatoms. The van der Waals surface area contributed by atoms with E-state index in [4.69, 9.17) is 0 Å². The largest absolute Gasteiger partial charge is 0.363 e. The predicted octanol–water partition coefficient (Wildman–Crippen LogP) is 3.73. The molecule has 1 rings (SSSR count). The zero-order chi connectivity index (χ0) is 16.9. The van der Waals surface area contributed by atoms with Gasteiger partial charge in [0, 0.05) is 31.9 Å². The first kappa shape index (κ1) is 18.5. The second kappa shape index (κ2) is 7.61. The number of carbonyl (C=O) groups is 1. The number of hydrogen-bond donors (Lipinski definition) is 1. The van der Waals surface area contributed by atoms with E-state index in [1.54, 1.807) is 12.3 Å². The lowest BCUT2D eigenvalue weighted by atomic mass is 9.82. The number of pyridine rings is 1. The van der Waals surface area contributed by atoms with Gasteiger partial charge < -0.3 is 10.2 Å². The molecule has 0 fully saturated rings. The van der Waals surface area contributed by atoms with Crippen molar-refractivity contribution in [1.29, 1.82) is 0 Å². The molecule has 0 spiro atoms. The molecule has 1 amide bonds. The van der Waals surface area contributed by atoms with Crippen LogP contribution in [0.1, 0.15) is 57.8 Å². The second-order valence-corrected chi connectivity index (χ2v) is 7.66. The van der Waals surface area contributed by atoms with Crippen LogP contribution in [0.3, 0.4) is 0 Å². The molecule has 1 aromatic heterocycles. The summed E-state index contributed by atoms with van der Waals surface area (Å²) >= 11 is 0. The van der Waals surface area contributed by atoms with E-state index < -0.39 is 0 Å². The maximum atomic E-state index is 12.6. The number of amides is 1. The number of hydrogen-bond acceptors (Lipinski definition) is 3. The van der Waals surface area contributed by atoms with Gasteiger partial charge >= 0.3 is 0 Å². The second-order valence-electron chi connectivity index (χ2n) is 7.66. The van der Waals surface area contributed by atoms with Crippen LogP contribution < -0.4 is 10.2 Å². The number of anilines is 1. The van der Waals surface area contributed by atoms with Crippen LogP contribution in [0.2, 0.25) is 0 Å². The quantitative estimate of drug-likeness (QED) is 0.871. The summed E-state index contributed by atoms with van der Waals surface area (Å²) in [4.78, 5) is 18.7. The molecule has 0 aromatic carbocycles. The molecule has 0 bridgehead atoms. The van der Waals surface area contributed by atoms with Crippen LogP contribution >= 0.6 is 0 Å². The highest BCUT2D eigenvalue weighted by Crippen LogP contribution is 2.25. The Balaban J connectivity index is 2.84. The van der Waals surface area contributed by atoms with Crippen LogP contribution in [0.15, 0.2) is 18.3 Å². The summed E-state index contributed by atoms with van der Waals surface area (Å²) in [6.07, 6.45) is 3.80. The fourth-order valence-corrected chi connectivity index (χ4v) is 2.27. The van der Waals surface area contributed by atoms with Crippen molar-refractivity contribution in [3.8, 4) is 0 Å². The first-order chi connectivity index (χ1) is 10.1. The van der Waals surface area contributed by atoms with Crippen molar-refractivity contribution in [3.63, 3.8) is 0 Å². The zero-order valence-electron chi connectivity index (χ0n) is 15.1. The smallest absolute Gasteiger partial charge is 0.251 e. The molecular weight excluding hydrogens is 274 g/mol. The van der Waals surface area contributed by atoms with Gasteiger partial charge in [0.1, 0.15) is 5.82 Å². The van der Waals surface area contributed by atoms with Gasteiger partial charge in [-0.25, -0.2) is 4.98 Å². The van der Waals surface area contributed by atoms with Crippen LogP contribution in [0.4, 0.5) is 5.82 Å². The third kappa shape index (κ3) is 5.66. The molecule has 1 atom stereocenters. The van der Waals surface area contributed by atoms with E-state index in [0.29, 0.717) is 11.5 Å². The van der Waals surface area contributed by atoms with E-state index in [9.17, 15) is 4.79 Å². The Morgan fingerprint density at radius 3 is 2.41 bits per heavy atom. The third-order valence-electron chi connectivity index (χ3n) is 3.85. The van der Waals surface area contributed by atoms with Gasteiger partial charge in [0.25, 0.3) is 5.91 Å². The molecule has 22 heavy (non-hydrogen) atoms. The SMILES string of the molecule is CC(C)CCC(NC(=O)c1ccnc(N(C)C)c1)C(C)(C)C. The lowest BCUT2D eigenvalue weighted by Crippen LogP contribution is -2.43. The monoisotopic (exact) mass is 305 g/mol. The van der Waals surface area contributed by atoms with Crippen molar-refractivity contribution in [2.45, 2.75) is 53.5 Å². The Morgan fingerprint density at radius 1 is 1.27 bits per heavy atom. The summed E-state index contributed by atoms with van der Waals surface area (Å²) in [6, 6.07) is 3.76. The average molecular weight is 305 g/mol. The first-order valence-corrected chi connectivity index (χ1v) is 8.05. The third-order valence-corrected chi connectivity index (χ3v) is 3.85. The maximum Gasteiger partial charge on any atom is 0.251 e. The van der Waals surface area contributed by atoms with Gasteiger partial charge in [-0.1, -0.05) is 34.6 Å². The molecule has 0 aliphatic heterocycles. The minimum absolute atomic E-state index is 0.0193. The molecule has 124 valence electrons. The van der Waals surface area contributed by atoms with E-state index in [1.807, 2.05) is 25.1 Å². The van der Waals surface area contributed by atoms with Crippen LogP contribution in [0, 0.1) is 11.3 Å². The molecule has 1 aromatic rings. The van der Waals surface area contributed by atoms with Gasteiger partial charge in [0.05, 0.1) is 0 Å². The molecule has 0 aliphatic carbocycles. The van der Waals surface area contributed by atoms with Gasteiger partial charge in [-0.3, -0.25) is 4.79 Å². The average Bonchev–Trinajstić information content (AvgIpc) is 2.41. The fourth-order valence-electron chi connectivity index (χ4n) is 2.27. The normalized spacial score (nSPS) is 13.1. The standard InChI is InChI=1S/C18H31N3O/c1-13(2)8-9-15(18(3,4)5)20-17(22)14-10-11-19-16(12-14)21(6)7/h10-13,15H,8-9H2,1-7H3,(H,20,22). The van der Waals surface area contributed by atoms with E-state index in [1.165, 1.54) is 0 Å². The molecule has 0 saturated carbocycles. The molecule has 1 heterocycles. The first-order valence-electron chi connectivity index (χ1n) is 8.05. The topological polar surface area (TPSA) is 45.2 Å². The Morgan fingerprint density at radius 2 is 1.91 bits per heavy atom. The Bertz CT molecular complexity index is 489. The summed E-state index contributed by atoms with van der Waals surface area (Å²) in [7, 11) is 3.84. The highest BCUT2D eigenvalue weighted by atomic mass is 16.1. The van der Waals surface area contributed by atoms with E-state index in [0.717, 1.165) is 18.7 Å². The summed E-state index contributed by atoms with van der Waals surface area (Å²) in [5.74, 6) is 1.42. The lowest BCUT2D eigenvalue weighted by Gasteiger charge is -2.32. The number of nitrogens with zero attached hydrogens (tertiary/aromatic N) is 2. The van der Waals surface area contributed by atoms with Crippen LogP contribution in [-0.2, 0) is 0 Å². The highest BCUT2D eigenvalue weighted by molar-refractivity contribution is 5.95. The van der Waals surface area contributed by atoms with E-state index in [-0.39, 0.29) is 17.4 Å². The Hall–Kier alpha value is -1.58. The fraction of sp³-hybridized carbons (Fsp3) is 0.667. The van der Waals surface area contributed by atoms with Gasteiger partial charge in [-0.15, -0.1) is 0 Å². The minimum Gasteiger partial charge on any atom is -0.363 e. The summed E-state index contributed by atoms with van der Waals surface area (Å²) in [6.45, 7) is 11.0. The minimum atomic E-state index is -0.0193. The molecule has 0 saturated heterocycles. The number of rotatable bonds is 6. The highest BCUT2D eigenvalue weighted by Gasteiger charge is 2.26. The van der Waals surface area contributed by atoms with Crippen LogP contribution in [-0.4, -0.2) is 31.0 Å². The van der Waals surface area contributed by atoms with Crippen molar-refractivity contribution in [1.82, 2.24) is 10.3 Å². The van der Waals surface area contributed by atoms with Crippen LogP contribution in [0.5, 0.6) is 0 Å². The molecule has 1 unspecified atom stereocenters. The van der Waals surface area contributed by atoms with Crippen molar-refractivity contribution < 1.29 is 4.79 Å². The number of nitrogens with one attached hydrogen (secondary N) is 1. The van der Waals surface area contributed by atoms with Crippen molar-refractivity contribution in [2.24, 2.45) is 11.3 Å². The van der Waals surface area contributed by atoms with Gasteiger partial charge in [0.2, 0.25) is 0 Å². The maximum absolute atomic E-state index is 12.6. The number of aromatic nitrogens is 1. The van der Waals surface area contributed by atoms with Crippen molar-refractivity contribution in [3.05, 3.63) is 23.9 Å². The van der Waals surface area contributed by atoms with E-state index in [2.05, 4.69) is 44.9 Å². The Labute approximate surface area is 135 Å². The molecule has 0 radical (unpaired) electrons. The van der Waals surface area contributed by atoms with Crippen molar-refractivity contribution >= 4 is 11.7 Å². The molecule has 1 N–H and O–H groups in total. The summed E-state index contributed by atoms with van der Waals surface area (Å²) < 4.78 is 0. The van der Waals surface area contributed by atoms with Crippen LogP contribution in [0.25, 0.3) is 0 Å². The predicted molar refractivity (Wildman–Crippen MR) is 93.3 cm³/mol. The molecule has 4 nitrogen and oxygen atoms in total. The van der Waals surface area contributed by atoms with Gasteiger partial charge in [-0.05, 0) is 36.3 Å². The Kier molecular flexibility index (Phi) is 6.39. The summed E-state index contributed by atoms with van der Waals surface area (Å²) in [5.41, 5.74) is 0.708. The zero-order valence-corrected chi connectivity index (χ0v) is 15.1. The van der Waals surface area contributed by atoms with Gasteiger partial charge in [-0.2, -0.15) is 0 Å².